The van der Waals surface area contributed by atoms with Gasteiger partial charge in [-0.25, -0.2) is 4.39 Å². The van der Waals surface area contributed by atoms with E-state index in [-0.39, 0.29) is 30.1 Å². The van der Waals surface area contributed by atoms with Gasteiger partial charge in [0.25, 0.3) is 5.91 Å². The summed E-state index contributed by atoms with van der Waals surface area (Å²) in [5.41, 5.74) is 2.22. The van der Waals surface area contributed by atoms with E-state index in [0.717, 1.165) is 37.1 Å². The van der Waals surface area contributed by atoms with Gasteiger partial charge in [0.05, 0.1) is 11.9 Å². The number of ether oxygens (including phenoxy) is 1. The van der Waals surface area contributed by atoms with Gasteiger partial charge in [0.1, 0.15) is 24.2 Å². The van der Waals surface area contributed by atoms with Gasteiger partial charge in [-0.05, 0) is 61.7 Å². The van der Waals surface area contributed by atoms with Crippen LogP contribution in [-0.2, 0) is 22.7 Å². The third-order valence-electron chi connectivity index (χ3n) is 6.84. The molecule has 2 unspecified atom stereocenters. The molecule has 8 nitrogen and oxygen atoms in total. The molecule has 0 aliphatic carbocycles. The lowest BCUT2D eigenvalue weighted by atomic mass is 10.0. The Bertz CT molecular complexity index is 1110. The molecule has 4 heterocycles. The molecule has 2 fully saturated rings. The van der Waals surface area contributed by atoms with Crippen molar-refractivity contribution < 1.29 is 23.5 Å². The third-order valence-corrected chi connectivity index (χ3v) is 6.84. The molecule has 3 aliphatic heterocycles. The first-order chi connectivity index (χ1) is 16.5. The normalized spacial score (nSPS) is 23.1. The number of imide groups is 1. The van der Waals surface area contributed by atoms with Crippen LogP contribution in [0.3, 0.4) is 0 Å². The van der Waals surface area contributed by atoms with Gasteiger partial charge < -0.3 is 9.64 Å². The minimum absolute atomic E-state index is 0.193. The fourth-order valence-corrected chi connectivity index (χ4v) is 5.00. The van der Waals surface area contributed by atoms with Crippen molar-refractivity contribution in [3.63, 3.8) is 0 Å². The zero-order valence-corrected chi connectivity index (χ0v) is 18.8. The number of carbonyl (C=O) groups is 3. The van der Waals surface area contributed by atoms with Gasteiger partial charge in [0, 0.05) is 31.1 Å². The Kier molecular flexibility index (Phi) is 6.28. The lowest BCUT2D eigenvalue weighted by molar-refractivity contribution is -0.136. The monoisotopic (exact) mass is 466 g/mol. The van der Waals surface area contributed by atoms with E-state index >= 15 is 0 Å². The zero-order chi connectivity index (χ0) is 23.7. The lowest BCUT2D eigenvalue weighted by Gasteiger charge is -2.35. The van der Waals surface area contributed by atoms with Crippen LogP contribution in [0.4, 0.5) is 4.39 Å². The van der Waals surface area contributed by atoms with E-state index in [9.17, 15) is 18.8 Å². The first-order valence-corrected chi connectivity index (χ1v) is 11.7. The standard InChI is InChI=1S/C25H27FN4O4/c26-17-4-5-18(27-12-17)14-29-10-2-1-3-19(29)15-34-20-6-7-21-16(11-20)13-30(25(21)33)22-8-9-23(31)28-24(22)32/h4-7,11-12,19,22H,1-3,8-10,13-15H2,(H,28,31,32). The molecule has 2 atom stereocenters. The maximum Gasteiger partial charge on any atom is 0.255 e. The van der Waals surface area contributed by atoms with Crippen LogP contribution < -0.4 is 10.1 Å². The summed E-state index contributed by atoms with van der Waals surface area (Å²) >= 11 is 0. The van der Waals surface area contributed by atoms with Crippen molar-refractivity contribution in [3.8, 4) is 5.75 Å². The number of amides is 3. The molecular weight excluding hydrogens is 439 g/mol. The summed E-state index contributed by atoms with van der Waals surface area (Å²) in [4.78, 5) is 44.6. The highest BCUT2D eigenvalue weighted by Crippen LogP contribution is 2.30. The number of nitrogens with zero attached hydrogens (tertiary/aromatic N) is 3. The van der Waals surface area contributed by atoms with Crippen LogP contribution in [0.1, 0.15) is 53.7 Å². The molecule has 0 bridgehead atoms. The molecule has 5 rings (SSSR count). The summed E-state index contributed by atoms with van der Waals surface area (Å²) in [6.07, 6.45) is 5.06. The summed E-state index contributed by atoms with van der Waals surface area (Å²) in [5.74, 6) is -0.563. The van der Waals surface area contributed by atoms with Crippen LogP contribution in [-0.4, -0.2) is 57.7 Å². The molecule has 9 heteroatoms. The maximum absolute atomic E-state index is 13.2. The molecule has 1 aromatic heterocycles. The van der Waals surface area contributed by atoms with E-state index in [2.05, 4.69) is 15.2 Å². The van der Waals surface area contributed by atoms with Crippen LogP contribution in [0, 0.1) is 5.82 Å². The molecule has 34 heavy (non-hydrogen) atoms. The second-order valence-corrected chi connectivity index (χ2v) is 9.12. The molecule has 1 N–H and O–H groups in total. The van der Waals surface area contributed by atoms with Gasteiger partial charge in [0.15, 0.2) is 0 Å². The predicted molar refractivity (Wildman–Crippen MR) is 120 cm³/mol. The summed E-state index contributed by atoms with van der Waals surface area (Å²) in [6, 6.07) is 8.15. The van der Waals surface area contributed by atoms with Gasteiger partial charge in [-0.2, -0.15) is 0 Å². The average Bonchev–Trinajstić information content (AvgIpc) is 3.15. The molecule has 2 saturated heterocycles. The smallest absolute Gasteiger partial charge is 0.255 e. The van der Waals surface area contributed by atoms with Crippen molar-refractivity contribution in [1.29, 1.82) is 0 Å². The van der Waals surface area contributed by atoms with Crippen molar-refractivity contribution in [2.45, 2.75) is 57.3 Å². The Morgan fingerprint density at radius 2 is 2.00 bits per heavy atom. The molecule has 3 aliphatic rings. The first-order valence-electron chi connectivity index (χ1n) is 11.7. The number of piperidine rings is 2. The second-order valence-electron chi connectivity index (χ2n) is 9.12. The van der Waals surface area contributed by atoms with Crippen molar-refractivity contribution in [1.82, 2.24) is 20.1 Å². The molecular formula is C25H27FN4O4. The quantitative estimate of drug-likeness (QED) is 0.658. The van der Waals surface area contributed by atoms with Crippen LogP contribution in [0.2, 0.25) is 0 Å². The molecule has 178 valence electrons. The Morgan fingerprint density at radius 1 is 1.12 bits per heavy atom. The predicted octanol–water partition coefficient (Wildman–Crippen LogP) is 2.42. The fourth-order valence-electron chi connectivity index (χ4n) is 5.00. The highest BCUT2D eigenvalue weighted by Gasteiger charge is 2.39. The van der Waals surface area contributed by atoms with Gasteiger partial charge in [0.2, 0.25) is 11.8 Å². The Morgan fingerprint density at radius 3 is 2.79 bits per heavy atom. The van der Waals surface area contributed by atoms with Gasteiger partial charge >= 0.3 is 0 Å². The van der Waals surface area contributed by atoms with Crippen LogP contribution >= 0.6 is 0 Å². The number of nitrogens with one attached hydrogen (secondary N) is 1. The van der Waals surface area contributed by atoms with Crippen molar-refractivity contribution >= 4 is 17.7 Å². The minimum Gasteiger partial charge on any atom is -0.492 e. The third kappa shape index (κ3) is 4.65. The summed E-state index contributed by atoms with van der Waals surface area (Å²) < 4.78 is 19.3. The minimum atomic E-state index is -0.627. The van der Waals surface area contributed by atoms with E-state index in [1.165, 1.54) is 17.2 Å². The number of pyridine rings is 1. The Labute approximate surface area is 197 Å². The molecule has 0 spiro atoms. The Hall–Kier alpha value is -3.33. The van der Waals surface area contributed by atoms with Gasteiger partial charge in [-0.1, -0.05) is 6.42 Å². The number of fused-ring (bicyclic) bond motifs is 1. The SMILES string of the molecule is O=C1CCC(N2Cc3cc(OCC4CCCCN4Cc4ccc(F)cn4)ccc3C2=O)C(=O)N1. The second kappa shape index (κ2) is 9.50. The van der Waals surface area contributed by atoms with E-state index in [1.54, 1.807) is 18.2 Å². The Balaban J connectivity index is 1.22. The highest BCUT2D eigenvalue weighted by atomic mass is 19.1. The highest BCUT2D eigenvalue weighted by molar-refractivity contribution is 6.05. The number of benzene rings is 1. The van der Waals surface area contributed by atoms with Crippen LogP contribution in [0.25, 0.3) is 0 Å². The number of likely N-dealkylation sites (tertiary alicyclic amines) is 1. The molecule has 2 aromatic rings. The topological polar surface area (TPSA) is 91.8 Å². The van der Waals surface area contributed by atoms with Crippen LogP contribution in [0.5, 0.6) is 5.75 Å². The number of hydrogen-bond acceptors (Lipinski definition) is 6. The van der Waals surface area contributed by atoms with E-state index in [0.29, 0.717) is 37.4 Å². The molecule has 3 amide bonds. The van der Waals surface area contributed by atoms with Gasteiger partial charge in [-0.15, -0.1) is 0 Å². The first kappa shape index (κ1) is 22.5. The van der Waals surface area contributed by atoms with Crippen LogP contribution in [0.15, 0.2) is 36.5 Å². The zero-order valence-electron chi connectivity index (χ0n) is 18.8. The van der Waals surface area contributed by atoms with E-state index in [4.69, 9.17) is 4.74 Å². The summed E-state index contributed by atoms with van der Waals surface area (Å²) in [5, 5.41) is 2.32. The molecule has 0 radical (unpaired) electrons. The maximum atomic E-state index is 13.2. The van der Waals surface area contributed by atoms with E-state index < -0.39 is 11.9 Å². The van der Waals surface area contributed by atoms with Crippen molar-refractivity contribution in [2.24, 2.45) is 0 Å². The number of halogens is 1. The number of rotatable bonds is 6. The number of hydrogen-bond donors (Lipinski definition) is 1. The number of carbonyl (C=O) groups excluding carboxylic acids is 3. The van der Waals surface area contributed by atoms with Crippen molar-refractivity contribution in [2.75, 3.05) is 13.2 Å². The van der Waals surface area contributed by atoms with E-state index in [1.807, 2.05) is 6.07 Å². The summed E-state index contributed by atoms with van der Waals surface area (Å²) in [7, 11) is 0. The lowest BCUT2D eigenvalue weighted by Crippen LogP contribution is -2.52. The number of aromatic nitrogens is 1. The van der Waals surface area contributed by atoms with Gasteiger partial charge in [-0.3, -0.25) is 29.6 Å². The summed E-state index contributed by atoms with van der Waals surface area (Å²) in [6.45, 7) is 2.41. The molecule has 0 saturated carbocycles. The fraction of sp³-hybridized carbons (Fsp3) is 0.440. The average molecular weight is 467 g/mol. The molecule has 1 aromatic carbocycles. The van der Waals surface area contributed by atoms with Crippen molar-refractivity contribution in [3.05, 3.63) is 59.2 Å². The largest absolute Gasteiger partial charge is 0.492 e.